The third-order valence-electron chi connectivity index (χ3n) is 2.59. The zero-order valence-electron chi connectivity index (χ0n) is 8.44. The number of aromatic nitrogens is 2. The van der Waals surface area contributed by atoms with Crippen LogP contribution in [0.3, 0.4) is 0 Å². The average Bonchev–Trinajstić information content (AvgIpc) is 2.74. The average molecular weight is 212 g/mol. The van der Waals surface area contributed by atoms with Gasteiger partial charge in [-0.2, -0.15) is 5.10 Å². The Morgan fingerprint density at radius 1 is 0.938 bits per heavy atom. The number of fused-ring (bicyclic) bond motifs is 1. The van der Waals surface area contributed by atoms with Gasteiger partial charge in [0.15, 0.2) is 0 Å². The van der Waals surface area contributed by atoms with Crippen molar-refractivity contribution in [2.24, 2.45) is 0 Å². The predicted octanol–water partition coefficient (Wildman–Crippen LogP) is 3.37. The van der Waals surface area contributed by atoms with Gasteiger partial charge < -0.3 is 0 Å². The van der Waals surface area contributed by atoms with Gasteiger partial charge in [-0.3, -0.25) is 5.10 Å². The second-order valence-electron chi connectivity index (χ2n) is 3.62. The Hall–Kier alpha value is -2.16. The fourth-order valence-electron chi connectivity index (χ4n) is 1.79. The van der Waals surface area contributed by atoms with Crippen molar-refractivity contribution in [1.29, 1.82) is 0 Å². The zero-order valence-corrected chi connectivity index (χ0v) is 8.44. The summed E-state index contributed by atoms with van der Waals surface area (Å²) in [5.74, 6) is -0.233. The maximum atomic E-state index is 12.8. The van der Waals surface area contributed by atoms with E-state index in [1.807, 2.05) is 24.3 Å². The fourth-order valence-corrected chi connectivity index (χ4v) is 1.79. The first-order valence-corrected chi connectivity index (χ1v) is 5.03. The molecule has 1 heterocycles. The van der Waals surface area contributed by atoms with Gasteiger partial charge in [-0.1, -0.05) is 18.2 Å². The lowest BCUT2D eigenvalue weighted by Gasteiger charge is -1.97. The molecular weight excluding hydrogens is 203 g/mol. The minimum absolute atomic E-state index is 0.233. The van der Waals surface area contributed by atoms with Crippen LogP contribution in [0.5, 0.6) is 0 Å². The molecule has 0 unspecified atom stereocenters. The molecule has 0 amide bonds. The molecule has 3 heteroatoms. The van der Waals surface area contributed by atoms with Crippen LogP contribution >= 0.6 is 0 Å². The number of benzene rings is 2. The van der Waals surface area contributed by atoms with Crippen LogP contribution in [0.2, 0.25) is 0 Å². The number of nitrogens with zero attached hydrogens (tertiary/aromatic N) is 1. The second-order valence-corrected chi connectivity index (χ2v) is 3.62. The maximum Gasteiger partial charge on any atom is 0.123 e. The Kier molecular flexibility index (Phi) is 1.96. The van der Waals surface area contributed by atoms with Crippen molar-refractivity contribution in [2.75, 3.05) is 0 Å². The molecule has 3 rings (SSSR count). The van der Waals surface area contributed by atoms with E-state index in [1.54, 1.807) is 12.1 Å². The second kappa shape index (κ2) is 3.45. The first-order chi connectivity index (χ1) is 7.84. The summed E-state index contributed by atoms with van der Waals surface area (Å²) in [6.07, 6.45) is 0. The number of para-hydroxylation sites is 1. The number of H-pyrrole nitrogens is 1. The van der Waals surface area contributed by atoms with Crippen molar-refractivity contribution in [3.8, 4) is 11.3 Å². The lowest BCUT2D eigenvalue weighted by Crippen LogP contribution is -1.79. The van der Waals surface area contributed by atoms with Crippen molar-refractivity contribution < 1.29 is 4.39 Å². The Labute approximate surface area is 91.7 Å². The van der Waals surface area contributed by atoms with Gasteiger partial charge in [0.1, 0.15) is 5.82 Å². The highest BCUT2D eigenvalue weighted by Crippen LogP contribution is 2.25. The summed E-state index contributed by atoms with van der Waals surface area (Å²) in [6.45, 7) is 0. The van der Waals surface area contributed by atoms with Crippen LogP contribution in [0.4, 0.5) is 4.39 Å². The monoisotopic (exact) mass is 212 g/mol. The smallest absolute Gasteiger partial charge is 0.123 e. The van der Waals surface area contributed by atoms with Crippen LogP contribution in [-0.4, -0.2) is 10.2 Å². The molecule has 2 nitrogen and oxygen atoms in total. The quantitative estimate of drug-likeness (QED) is 0.658. The highest BCUT2D eigenvalue weighted by Gasteiger charge is 2.06. The molecule has 0 fully saturated rings. The maximum absolute atomic E-state index is 12.8. The van der Waals surface area contributed by atoms with Gasteiger partial charge in [-0.25, -0.2) is 4.39 Å². The van der Waals surface area contributed by atoms with E-state index in [4.69, 9.17) is 0 Å². The van der Waals surface area contributed by atoms with Gasteiger partial charge in [-0.05, 0) is 30.3 Å². The molecule has 0 aliphatic rings. The Morgan fingerprint density at radius 2 is 1.69 bits per heavy atom. The van der Waals surface area contributed by atoms with Crippen LogP contribution in [-0.2, 0) is 0 Å². The zero-order chi connectivity index (χ0) is 11.0. The molecule has 0 spiro atoms. The molecular formula is C13H9FN2. The van der Waals surface area contributed by atoms with Crippen molar-refractivity contribution >= 4 is 10.9 Å². The highest BCUT2D eigenvalue weighted by molar-refractivity contribution is 5.92. The minimum atomic E-state index is -0.233. The molecule has 1 aromatic heterocycles. The number of aromatic amines is 1. The molecule has 0 aliphatic heterocycles. The first-order valence-electron chi connectivity index (χ1n) is 5.03. The molecule has 2 aromatic carbocycles. The van der Waals surface area contributed by atoms with E-state index < -0.39 is 0 Å². The van der Waals surface area contributed by atoms with Crippen LogP contribution in [0.15, 0.2) is 48.5 Å². The largest absolute Gasteiger partial charge is 0.277 e. The van der Waals surface area contributed by atoms with Gasteiger partial charge in [0.2, 0.25) is 0 Å². The summed E-state index contributed by atoms with van der Waals surface area (Å²) in [7, 11) is 0. The number of halogens is 1. The van der Waals surface area contributed by atoms with E-state index in [1.165, 1.54) is 12.1 Å². The summed E-state index contributed by atoms with van der Waals surface area (Å²) in [4.78, 5) is 0. The third-order valence-corrected chi connectivity index (χ3v) is 2.59. The fraction of sp³-hybridized carbons (Fsp3) is 0. The summed E-state index contributed by atoms with van der Waals surface area (Å²) in [5, 5.41) is 8.26. The number of nitrogens with one attached hydrogen (secondary N) is 1. The van der Waals surface area contributed by atoms with E-state index in [0.29, 0.717) is 0 Å². The van der Waals surface area contributed by atoms with Gasteiger partial charge >= 0.3 is 0 Å². The molecule has 0 saturated heterocycles. The van der Waals surface area contributed by atoms with Crippen molar-refractivity contribution in [2.45, 2.75) is 0 Å². The Bertz CT molecular complexity index is 626. The summed E-state index contributed by atoms with van der Waals surface area (Å²) in [6, 6.07) is 14.2. The SMILES string of the molecule is Fc1ccc(-c2n[nH]c3ccccc23)cc1. The van der Waals surface area contributed by atoms with Gasteiger partial charge in [-0.15, -0.1) is 0 Å². The molecule has 0 radical (unpaired) electrons. The van der Waals surface area contributed by atoms with Gasteiger partial charge in [0.25, 0.3) is 0 Å². The van der Waals surface area contributed by atoms with Crippen LogP contribution in [0.1, 0.15) is 0 Å². The lowest BCUT2D eigenvalue weighted by atomic mass is 10.1. The van der Waals surface area contributed by atoms with Crippen molar-refractivity contribution in [3.63, 3.8) is 0 Å². The van der Waals surface area contributed by atoms with E-state index in [-0.39, 0.29) is 5.82 Å². The standard InChI is InChI=1S/C13H9FN2/c14-10-7-5-9(6-8-10)13-11-3-1-2-4-12(11)15-16-13/h1-8H,(H,15,16). The lowest BCUT2D eigenvalue weighted by molar-refractivity contribution is 0.628. The number of hydrogen-bond acceptors (Lipinski definition) is 1. The molecule has 1 N–H and O–H groups in total. The molecule has 16 heavy (non-hydrogen) atoms. The van der Waals surface area contributed by atoms with Crippen LogP contribution in [0, 0.1) is 5.82 Å². The summed E-state index contributed by atoms with van der Waals surface area (Å²) >= 11 is 0. The first kappa shape index (κ1) is 9.09. The topological polar surface area (TPSA) is 28.7 Å². The molecule has 0 aliphatic carbocycles. The Balaban J connectivity index is 2.22. The van der Waals surface area contributed by atoms with Crippen LogP contribution < -0.4 is 0 Å². The van der Waals surface area contributed by atoms with Crippen LogP contribution in [0.25, 0.3) is 22.2 Å². The molecule has 0 bridgehead atoms. The normalized spacial score (nSPS) is 10.8. The van der Waals surface area contributed by atoms with Crippen molar-refractivity contribution in [1.82, 2.24) is 10.2 Å². The van der Waals surface area contributed by atoms with Gasteiger partial charge in [0.05, 0.1) is 11.2 Å². The molecule has 78 valence electrons. The highest BCUT2D eigenvalue weighted by atomic mass is 19.1. The number of hydrogen-bond donors (Lipinski definition) is 1. The molecule has 0 saturated carbocycles. The number of rotatable bonds is 1. The summed E-state index contributed by atoms with van der Waals surface area (Å²) < 4.78 is 12.8. The van der Waals surface area contributed by atoms with E-state index in [2.05, 4.69) is 10.2 Å². The molecule has 3 aromatic rings. The third kappa shape index (κ3) is 1.37. The summed E-state index contributed by atoms with van der Waals surface area (Å²) in [5.41, 5.74) is 2.76. The van der Waals surface area contributed by atoms with E-state index in [0.717, 1.165) is 22.2 Å². The Morgan fingerprint density at radius 3 is 2.50 bits per heavy atom. The minimum Gasteiger partial charge on any atom is -0.277 e. The van der Waals surface area contributed by atoms with E-state index in [9.17, 15) is 4.39 Å². The van der Waals surface area contributed by atoms with Crippen molar-refractivity contribution in [3.05, 3.63) is 54.3 Å². The predicted molar refractivity (Wildman–Crippen MR) is 61.5 cm³/mol. The molecule has 0 atom stereocenters. The van der Waals surface area contributed by atoms with E-state index >= 15 is 0 Å². The van der Waals surface area contributed by atoms with Gasteiger partial charge in [0, 0.05) is 10.9 Å².